The van der Waals surface area contributed by atoms with E-state index in [1.807, 2.05) is 0 Å². The summed E-state index contributed by atoms with van der Waals surface area (Å²) in [6.45, 7) is 1.69. The van der Waals surface area contributed by atoms with Crippen LogP contribution < -0.4 is 10.0 Å². The molecule has 0 heterocycles. The molecule has 1 aliphatic carbocycles. The van der Waals surface area contributed by atoms with E-state index < -0.39 is 28.2 Å². The van der Waals surface area contributed by atoms with Gasteiger partial charge >= 0.3 is 6.18 Å². The van der Waals surface area contributed by atoms with E-state index in [1.54, 1.807) is 6.92 Å². The fraction of sp³-hybridized carbons (Fsp3) is 0.562. The molecule has 1 aromatic rings. The van der Waals surface area contributed by atoms with Crippen molar-refractivity contribution in [2.75, 3.05) is 5.32 Å². The largest absolute Gasteiger partial charge is 0.391 e. The van der Waals surface area contributed by atoms with Gasteiger partial charge in [0.1, 0.15) is 0 Å². The molecule has 2 atom stereocenters. The highest BCUT2D eigenvalue weighted by Gasteiger charge is 2.42. The van der Waals surface area contributed by atoms with Crippen LogP contribution in [0.15, 0.2) is 29.2 Å². The number of hydrogen-bond acceptors (Lipinski definition) is 3. The van der Waals surface area contributed by atoms with Gasteiger partial charge in [0.15, 0.2) is 0 Å². The molecule has 0 saturated heterocycles. The summed E-state index contributed by atoms with van der Waals surface area (Å²) in [5, 5.41) is 2.59. The molecule has 2 rings (SSSR count). The van der Waals surface area contributed by atoms with Gasteiger partial charge in [-0.15, -0.1) is 0 Å². The lowest BCUT2D eigenvalue weighted by atomic mass is 9.86. The molecule has 0 bridgehead atoms. The van der Waals surface area contributed by atoms with Gasteiger partial charge in [-0.1, -0.05) is 13.3 Å². The number of carbonyl (C=O) groups excluding carboxylic acids is 1. The van der Waals surface area contributed by atoms with Crippen molar-refractivity contribution in [3.05, 3.63) is 24.3 Å². The molecule has 2 N–H and O–H groups in total. The van der Waals surface area contributed by atoms with Gasteiger partial charge in [-0.2, -0.15) is 13.2 Å². The highest BCUT2D eigenvalue weighted by Crippen LogP contribution is 2.37. The summed E-state index contributed by atoms with van der Waals surface area (Å²) in [6.07, 6.45) is -3.50. The van der Waals surface area contributed by atoms with Crippen LogP contribution in [-0.2, 0) is 14.8 Å². The van der Waals surface area contributed by atoms with Gasteiger partial charge in [-0.3, -0.25) is 4.79 Å². The lowest BCUT2D eigenvalue weighted by molar-refractivity contribution is -0.183. The summed E-state index contributed by atoms with van der Waals surface area (Å²) in [4.78, 5) is 11.3. The highest BCUT2D eigenvalue weighted by molar-refractivity contribution is 7.89. The molecule has 9 heteroatoms. The molecule has 0 radical (unpaired) electrons. The average Bonchev–Trinajstić information content (AvgIpc) is 2.54. The average molecular weight is 378 g/mol. The molecule has 25 heavy (non-hydrogen) atoms. The molecule has 0 aromatic heterocycles. The number of hydrogen-bond donors (Lipinski definition) is 2. The number of anilines is 1. The van der Waals surface area contributed by atoms with E-state index >= 15 is 0 Å². The zero-order chi connectivity index (χ0) is 18.7. The van der Waals surface area contributed by atoms with Crippen molar-refractivity contribution in [1.82, 2.24) is 4.72 Å². The van der Waals surface area contributed by atoms with E-state index in [1.165, 1.54) is 24.3 Å². The van der Waals surface area contributed by atoms with Gasteiger partial charge in [-0.25, -0.2) is 13.1 Å². The lowest BCUT2D eigenvalue weighted by Gasteiger charge is -2.30. The molecule has 0 aliphatic heterocycles. The quantitative estimate of drug-likeness (QED) is 0.824. The summed E-state index contributed by atoms with van der Waals surface area (Å²) < 4.78 is 65.6. The summed E-state index contributed by atoms with van der Waals surface area (Å²) in [6, 6.07) is 4.79. The maximum Gasteiger partial charge on any atom is 0.391 e. The highest BCUT2D eigenvalue weighted by atomic mass is 32.2. The van der Waals surface area contributed by atoms with Gasteiger partial charge in [0.2, 0.25) is 15.9 Å². The first-order valence-electron chi connectivity index (χ1n) is 8.11. The Morgan fingerprint density at radius 1 is 1.20 bits per heavy atom. The van der Waals surface area contributed by atoms with Crippen LogP contribution in [0.4, 0.5) is 18.9 Å². The number of carbonyl (C=O) groups is 1. The van der Waals surface area contributed by atoms with Crippen molar-refractivity contribution in [2.45, 2.75) is 56.1 Å². The third-order valence-corrected chi connectivity index (χ3v) is 5.76. The molecule has 2 unspecified atom stereocenters. The van der Waals surface area contributed by atoms with Crippen molar-refractivity contribution in [3.8, 4) is 0 Å². The maximum atomic E-state index is 12.8. The van der Waals surface area contributed by atoms with Crippen LogP contribution in [0.1, 0.15) is 39.0 Å². The molecule has 5 nitrogen and oxygen atoms in total. The van der Waals surface area contributed by atoms with E-state index in [0.717, 1.165) is 0 Å². The number of benzene rings is 1. The van der Waals surface area contributed by atoms with Gasteiger partial charge < -0.3 is 5.32 Å². The number of rotatable bonds is 5. The molecule has 0 spiro atoms. The van der Waals surface area contributed by atoms with Crippen LogP contribution in [0.25, 0.3) is 0 Å². The van der Waals surface area contributed by atoms with E-state index in [4.69, 9.17) is 0 Å². The summed E-state index contributed by atoms with van der Waals surface area (Å²) in [5.41, 5.74) is 0.459. The van der Waals surface area contributed by atoms with E-state index in [9.17, 15) is 26.4 Å². The van der Waals surface area contributed by atoms with Crippen LogP contribution in [0.2, 0.25) is 0 Å². The lowest BCUT2D eigenvalue weighted by Crippen LogP contribution is -2.41. The Balaban J connectivity index is 2.04. The Hall–Kier alpha value is -1.61. The molecular weight excluding hydrogens is 357 g/mol. The Labute approximate surface area is 145 Å². The SMILES string of the molecule is CCC(=O)Nc1ccc(S(=O)(=O)NC2CCCC(C(F)(F)F)C2)cc1. The predicted molar refractivity (Wildman–Crippen MR) is 87.5 cm³/mol. The van der Waals surface area contributed by atoms with Crippen LogP contribution in [-0.4, -0.2) is 26.5 Å². The smallest absolute Gasteiger partial charge is 0.326 e. The Bertz CT molecular complexity index is 702. The normalized spacial score (nSPS) is 21.8. The third kappa shape index (κ3) is 5.43. The number of halogens is 3. The van der Waals surface area contributed by atoms with Gasteiger partial charge in [0.25, 0.3) is 0 Å². The molecular formula is C16H21F3N2O3S. The van der Waals surface area contributed by atoms with Gasteiger partial charge in [0.05, 0.1) is 10.8 Å². The minimum absolute atomic E-state index is 0.0353. The van der Waals surface area contributed by atoms with Crippen LogP contribution in [0, 0.1) is 5.92 Å². The molecule has 1 aromatic carbocycles. The standard InChI is InChI=1S/C16H21F3N2O3S/c1-2-15(22)20-12-6-8-14(9-7-12)25(23,24)21-13-5-3-4-11(10-13)16(17,18)19/h6-9,11,13,21H,2-5,10H2,1H3,(H,20,22). The van der Waals surface area contributed by atoms with Crippen molar-refractivity contribution < 1.29 is 26.4 Å². The minimum atomic E-state index is -4.30. The van der Waals surface area contributed by atoms with Crippen molar-refractivity contribution in [3.63, 3.8) is 0 Å². The molecule has 1 amide bonds. The van der Waals surface area contributed by atoms with Crippen molar-refractivity contribution in [2.24, 2.45) is 5.92 Å². The first kappa shape index (κ1) is 19.7. The number of sulfonamides is 1. The summed E-state index contributed by atoms with van der Waals surface area (Å²) >= 11 is 0. The van der Waals surface area contributed by atoms with Gasteiger partial charge in [0, 0.05) is 18.2 Å². The van der Waals surface area contributed by atoms with Crippen molar-refractivity contribution >= 4 is 21.6 Å². The Kier molecular flexibility index (Phi) is 6.10. The monoisotopic (exact) mass is 378 g/mol. The van der Waals surface area contributed by atoms with E-state index in [0.29, 0.717) is 24.9 Å². The fourth-order valence-corrected chi connectivity index (χ4v) is 4.13. The maximum absolute atomic E-state index is 12.8. The van der Waals surface area contributed by atoms with Crippen molar-refractivity contribution in [1.29, 1.82) is 0 Å². The third-order valence-electron chi connectivity index (χ3n) is 4.23. The first-order chi connectivity index (χ1) is 11.6. The molecule has 1 aliphatic rings. The molecule has 1 saturated carbocycles. The second-order valence-corrected chi connectivity index (χ2v) is 7.86. The number of alkyl halides is 3. The number of amides is 1. The zero-order valence-electron chi connectivity index (χ0n) is 13.8. The minimum Gasteiger partial charge on any atom is -0.326 e. The van der Waals surface area contributed by atoms with E-state index in [-0.39, 0.29) is 23.6 Å². The zero-order valence-corrected chi connectivity index (χ0v) is 14.6. The van der Waals surface area contributed by atoms with Gasteiger partial charge in [-0.05, 0) is 43.5 Å². The Morgan fingerprint density at radius 3 is 2.40 bits per heavy atom. The van der Waals surface area contributed by atoms with Crippen LogP contribution >= 0.6 is 0 Å². The fourth-order valence-electron chi connectivity index (χ4n) is 2.85. The number of nitrogens with one attached hydrogen (secondary N) is 2. The van der Waals surface area contributed by atoms with Crippen LogP contribution in [0.5, 0.6) is 0 Å². The van der Waals surface area contributed by atoms with E-state index in [2.05, 4.69) is 10.0 Å². The second kappa shape index (κ2) is 7.74. The molecule has 1 fully saturated rings. The van der Waals surface area contributed by atoms with Crippen LogP contribution in [0.3, 0.4) is 0 Å². The second-order valence-electron chi connectivity index (χ2n) is 6.15. The molecule has 140 valence electrons. The topological polar surface area (TPSA) is 75.3 Å². The Morgan fingerprint density at radius 2 is 1.84 bits per heavy atom. The summed E-state index contributed by atoms with van der Waals surface area (Å²) in [7, 11) is -3.91. The summed E-state index contributed by atoms with van der Waals surface area (Å²) in [5.74, 6) is -1.67. The first-order valence-corrected chi connectivity index (χ1v) is 9.59. The predicted octanol–water partition coefficient (Wildman–Crippen LogP) is 3.43.